The van der Waals surface area contributed by atoms with Crippen molar-refractivity contribution < 1.29 is 18.7 Å². The number of halogens is 1. The molecule has 0 heterocycles. The second-order valence-corrected chi connectivity index (χ2v) is 3.24. The van der Waals surface area contributed by atoms with Crippen LogP contribution in [0.3, 0.4) is 0 Å². The molecule has 1 aromatic rings. The molecule has 0 fully saturated rings. The van der Waals surface area contributed by atoms with Gasteiger partial charge in [-0.1, -0.05) is 6.92 Å². The highest BCUT2D eigenvalue weighted by molar-refractivity contribution is 5.98. The fourth-order valence-electron chi connectivity index (χ4n) is 1.11. The van der Waals surface area contributed by atoms with E-state index in [0.29, 0.717) is 0 Å². The fourth-order valence-corrected chi connectivity index (χ4v) is 1.11. The second-order valence-electron chi connectivity index (χ2n) is 3.24. The topological polar surface area (TPSA) is 67.2 Å². The van der Waals surface area contributed by atoms with E-state index in [2.05, 4.69) is 4.74 Å². The molecule has 0 aliphatic carbocycles. The number of carbonyl (C=O) groups excluding carboxylic acids is 2. The van der Waals surface area contributed by atoms with Crippen molar-refractivity contribution in [2.45, 2.75) is 13.3 Å². The standard InChI is InChI=1S/C12H10FNO3/c1-2-12(16)17-7-11(15)8-3-4-9(6-14)10(13)5-8/h3-5H,2,7H2,1H3. The monoisotopic (exact) mass is 235 g/mol. The van der Waals surface area contributed by atoms with Crippen LogP contribution in [0.5, 0.6) is 0 Å². The van der Waals surface area contributed by atoms with Gasteiger partial charge in [-0.15, -0.1) is 0 Å². The molecular formula is C12H10FNO3. The summed E-state index contributed by atoms with van der Waals surface area (Å²) in [6.07, 6.45) is 0.176. The minimum Gasteiger partial charge on any atom is -0.457 e. The third-order valence-corrected chi connectivity index (χ3v) is 2.06. The highest BCUT2D eigenvalue weighted by Crippen LogP contribution is 2.10. The average Bonchev–Trinajstić information content (AvgIpc) is 2.35. The van der Waals surface area contributed by atoms with Gasteiger partial charge in [0.1, 0.15) is 11.9 Å². The Labute approximate surface area is 97.6 Å². The number of carbonyl (C=O) groups is 2. The van der Waals surface area contributed by atoms with E-state index in [9.17, 15) is 14.0 Å². The van der Waals surface area contributed by atoms with E-state index in [0.717, 1.165) is 6.07 Å². The summed E-state index contributed by atoms with van der Waals surface area (Å²) in [5, 5.41) is 8.51. The average molecular weight is 235 g/mol. The summed E-state index contributed by atoms with van der Waals surface area (Å²) >= 11 is 0. The predicted octanol–water partition coefficient (Wildman–Crippen LogP) is 1.83. The van der Waals surface area contributed by atoms with Crippen LogP contribution in [-0.4, -0.2) is 18.4 Å². The van der Waals surface area contributed by atoms with Gasteiger partial charge < -0.3 is 4.74 Å². The highest BCUT2D eigenvalue weighted by atomic mass is 19.1. The van der Waals surface area contributed by atoms with E-state index in [4.69, 9.17) is 5.26 Å². The molecule has 0 saturated heterocycles. The van der Waals surface area contributed by atoms with Crippen molar-refractivity contribution >= 4 is 11.8 Å². The smallest absolute Gasteiger partial charge is 0.305 e. The number of hydrogen-bond acceptors (Lipinski definition) is 4. The third-order valence-electron chi connectivity index (χ3n) is 2.06. The van der Waals surface area contributed by atoms with E-state index in [1.807, 2.05) is 0 Å². The number of nitriles is 1. The number of nitrogens with zero attached hydrogens (tertiary/aromatic N) is 1. The maximum absolute atomic E-state index is 13.2. The lowest BCUT2D eigenvalue weighted by atomic mass is 10.1. The summed E-state index contributed by atoms with van der Waals surface area (Å²) in [4.78, 5) is 22.3. The lowest BCUT2D eigenvalue weighted by Gasteiger charge is -2.03. The molecule has 0 aromatic heterocycles. The molecule has 0 aliphatic heterocycles. The summed E-state index contributed by atoms with van der Waals surface area (Å²) in [7, 11) is 0. The number of esters is 1. The first kappa shape index (κ1) is 12.8. The molecule has 5 heteroatoms. The first-order valence-electron chi connectivity index (χ1n) is 4.97. The van der Waals surface area contributed by atoms with Gasteiger partial charge in [-0.25, -0.2) is 4.39 Å². The number of ether oxygens (including phenoxy) is 1. The molecule has 1 rings (SSSR count). The van der Waals surface area contributed by atoms with Gasteiger partial charge in [0.25, 0.3) is 0 Å². The molecule has 0 bridgehead atoms. The van der Waals surface area contributed by atoms with Crippen LogP contribution in [0.2, 0.25) is 0 Å². The van der Waals surface area contributed by atoms with E-state index < -0.39 is 24.2 Å². The third kappa shape index (κ3) is 3.38. The summed E-state index contributed by atoms with van der Waals surface area (Å²) in [5.41, 5.74) is -0.0579. The maximum atomic E-state index is 13.2. The van der Waals surface area contributed by atoms with Crippen LogP contribution in [0.4, 0.5) is 4.39 Å². The molecule has 0 aliphatic rings. The van der Waals surface area contributed by atoms with Crippen molar-refractivity contribution in [3.8, 4) is 6.07 Å². The SMILES string of the molecule is CCC(=O)OCC(=O)c1ccc(C#N)c(F)c1. The summed E-state index contributed by atoms with van der Waals surface area (Å²) in [5.74, 6) is -1.76. The molecule has 17 heavy (non-hydrogen) atoms. The van der Waals surface area contributed by atoms with Gasteiger partial charge in [0, 0.05) is 12.0 Å². The Bertz CT molecular complexity index is 491. The minimum atomic E-state index is -0.764. The molecule has 0 saturated carbocycles. The highest BCUT2D eigenvalue weighted by Gasteiger charge is 2.11. The number of benzene rings is 1. The Balaban J connectivity index is 2.74. The van der Waals surface area contributed by atoms with Crippen LogP contribution in [-0.2, 0) is 9.53 Å². The van der Waals surface area contributed by atoms with Crippen molar-refractivity contribution in [1.82, 2.24) is 0 Å². The normalized spacial score (nSPS) is 9.47. The summed E-state index contributed by atoms with van der Waals surface area (Å²) in [6, 6.07) is 5.14. The molecule has 0 spiro atoms. The van der Waals surface area contributed by atoms with E-state index in [-0.39, 0.29) is 17.5 Å². The van der Waals surface area contributed by atoms with Crippen molar-refractivity contribution in [3.05, 3.63) is 35.1 Å². The zero-order valence-corrected chi connectivity index (χ0v) is 9.20. The van der Waals surface area contributed by atoms with Gasteiger partial charge in [-0.2, -0.15) is 5.26 Å². The first-order chi connectivity index (χ1) is 8.08. The van der Waals surface area contributed by atoms with Crippen LogP contribution < -0.4 is 0 Å². The number of ketones is 1. The molecule has 0 atom stereocenters. The lowest BCUT2D eigenvalue weighted by Crippen LogP contribution is -2.13. The van der Waals surface area contributed by atoms with Crippen molar-refractivity contribution in [1.29, 1.82) is 5.26 Å². The van der Waals surface area contributed by atoms with Crippen LogP contribution in [0.15, 0.2) is 18.2 Å². The Morgan fingerprint density at radius 1 is 1.47 bits per heavy atom. The molecule has 0 amide bonds. The Hall–Kier alpha value is -2.22. The summed E-state index contributed by atoms with van der Waals surface area (Å²) < 4.78 is 17.8. The van der Waals surface area contributed by atoms with Gasteiger partial charge >= 0.3 is 5.97 Å². The van der Waals surface area contributed by atoms with Crippen molar-refractivity contribution in [3.63, 3.8) is 0 Å². The Kier molecular flexibility index (Phi) is 4.35. The van der Waals surface area contributed by atoms with Crippen LogP contribution in [0, 0.1) is 17.1 Å². The van der Waals surface area contributed by atoms with Gasteiger partial charge in [-0.05, 0) is 18.2 Å². The second kappa shape index (κ2) is 5.75. The zero-order chi connectivity index (χ0) is 12.8. The fraction of sp³-hybridized carbons (Fsp3) is 0.250. The molecule has 88 valence electrons. The number of hydrogen-bond donors (Lipinski definition) is 0. The molecule has 0 radical (unpaired) electrons. The zero-order valence-electron chi connectivity index (χ0n) is 9.20. The largest absolute Gasteiger partial charge is 0.457 e. The van der Waals surface area contributed by atoms with E-state index in [1.165, 1.54) is 12.1 Å². The predicted molar refractivity (Wildman–Crippen MR) is 56.7 cm³/mol. The van der Waals surface area contributed by atoms with Crippen LogP contribution >= 0.6 is 0 Å². The van der Waals surface area contributed by atoms with Crippen LogP contribution in [0.25, 0.3) is 0 Å². The Morgan fingerprint density at radius 3 is 2.71 bits per heavy atom. The lowest BCUT2D eigenvalue weighted by molar-refractivity contribution is -0.142. The van der Waals surface area contributed by atoms with Gasteiger partial charge in [0.15, 0.2) is 12.4 Å². The molecular weight excluding hydrogens is 225 g/mol. The summed E-state index contributed by atoms with van der Waals surface area (Å²) in [6.45, 7) is 1.19. The molecule has 4 nitrogen and oxygen atoms in total. The molecule has 0 N–H and O–H groups in total. The van der Waals surface area contributed by atoms with Gasteiger partial charge in [-0.3, -0.25) is 9.59 Å². The minimum absolute atomic E-state index is 0.0744. The van der Waals surface area contributed by atoms with Crippen molar-refractivity contribution in [2.75, 3.05) is 6.61 Å². The molecule has 0 unspecified atom stereocenters. The first-order valence-corrected chi connectivity index (χ1v) is 4.97. The van der Waals surface area contributed by atoms with Gasteiger partial charge in [0.2, 0.25) is 0 Å². The number of Topliss-reactive ketones (excluding diaryl/α,β-unsaturated/α-hetero) is 1. The van der Waals surface area contributed by atoms with Crippen LogP contribution in [0.1, 0.15) is 29.3 Å². The maximum Gasteiger partial charge on any atom is 0.305 e. The van der Waals surface area contributed by atoms with E-state index >= 15 is 0 Å². The van der Waals surface area contributed by atoms with Gasteiger partial charge in [0.05, 0.1) is 5.56 Å². The number of rotatable bonds is 4. The molecule has 1 aromatic carbocycles. The quantitative estimate of drug-likeness (QED) is 0.589. The van der Waals surface area contributed by atoms with E-state index in [1.54, 1.807) is 13.0 Å². The Morgan fingerprint density at radius 2 is 2.18 bits per heavy atom. The van der Waals surface area contributed by atoms with Crippen molar-refractivity contribution in [2.24, 2.45) is 0 Å².